The van der Waals surface area contributed by atoms with Crippen molar-refractivity contribution in [1.82, 2.24) is 4.90 Å². The van der Waals surface area contributed by atoms with E-state index in [1.165, 1.54) is 6.07 Å². The predicted molar refractivity (Wildman–Crippen MR) is 81.5 cm³/mol. The third-order valence-electron chi connectivity index (χ3n) is 4.35. The van der Waals surface area contributed by atoms with Gasteiger partial charge in [-0.1, -0.05) is 6.92 Å². The third kappa shape index (κ3) is 2.99. The van der Waals surface area contributed by atoms with Crippen LogP contribution in [0.4, 0.5) is 11.4 Å². The first-order valence-electron chi connectivity index (χ1n) is 7.23. The quantitative estimate of drug-likeness (QED) is 0.686. The van der Waals surface area contributed by atoms with Gasteiger partial charge in [0.2, 0.25) is 0 Å². The Morgan fingerprint density at radius 3 is 2.76 bits per heavy atom. The third-order valence-corrected chi connectivity index (χ3v) is 4.35. The van der Waals surface area contributed by atoms with Crippen LogP contribution < -0.4 is 5.32 Å². The molecule has 1 heterocycles. The predicted octanol–water partition coefficient (Wildman–Crippen LogP) is 2.90. The molecule has 1 aromatic rings. The molecule has 2 unspecified atom stereocenters. The lowest BCUT2D eigenvalue weighted by molar-refractivity contribution is -0.384. The van der Waals surface area contributed by atoms with E-state index in [1.54, 1.807) is 19.2 Å². The molecular formula is C15H21N3O3. The molecule has 1 aliphatic rings. The fraction of sp³-hybridized carbons (Fsp3) is 0.533. The van der Waals surface area contributed by atoms with Crippen molar-refractivity contribution in [2.75, 3.05) is 18.9 Å². The van der Waals surface area contributed by atoms with Crippen molar-refractivity contribution in [3.8, 4) is 0 Å². The van der Waals surface area contributed by atoms with E-state index in [1.807, 2.05) is 11.8 Å². The lowest BCUT2D eigenvalue weighted by Crippen LogP contribution is -2.46. The summed E-state index contributed by atoms with van der Waals surface area (Å²) in [6, 6.07) is 4.76. The van der Waals surface area contributed by atoms with Crippen molar-refractivity contribution < 1.29 is 9.72 Å². The number of likely N-dealkylation sites (tertiary alicyclic amines) is 1. The Bertz CT molecular complexity index is 559. The second-order valence-electron chi connectivity index (χ2n) is 5.60. The molecule has 0 spiro atoms. The second-order valence-corrected chi connectivity index (χ2v) is 5.60. The Hall–Kier alpha value is -2.11. The van der Waals surface area contributed by atoms with Gasteiger partial charge in [-0.15, -0.1) is 0 Å². The number of nitro benzene ring substituents is 1. The zero-order valence-corrected chi connectivity index (χ0v) is 12.6. The molecule has 2 atom stereocenters. The molecule has 6 nitrogen and oxygen atoms in total. The molecule has 21 heavy (non-hydrogen) atoms. The maximum absolute atomic E-state index is 12.6. The highest BCUT2D eigenvalue weighted by atomic mass is 16.6. The molecular weight excluding hydrogens is 270 g/mol. The number of carbonyl (C=O) groups excluding carboxylic acids is 1. The zero-order chi connectivity index (χ0) is 15.6. The van der Waals surface area contributed by atoms with E-state index in [9.17, 15) is 14.9 Å². The summed E-state index contributed by atoms with van der Waals surface area (Å²) >= 11 is 0. The number of benzene rings is 1. The molecule has 1 aromatic carbocycles. The minimum absolute atomic E-state index is 0.0685. The molecule has 1 saturated heterocycles. The minimum atomic E-state index is -0.467. The number of carbonyl (C=O) groups is 1. The summed E-state index contributed by atoms with van der Waals surface area (Å²) in [5.41, 5.74) is 0.722. The van der Waals surface area contributed by atoms with Crippen molar-refractivity contribution in [2.24, 2.45) is 5.92 Å². The van der Waals surface area contributed by atoms with Gasteiger partial charge in [0.05, 0.1) is 4.92 Å². The summed E-state index contributed by atoms with van der Waals surface area (Å²) in [7, 11) is 1.62. The average molecular weight is 291 g/mol. The molecule has 1 fully saturated rings. The minimum Gasteiger partial charge on any atom is -0.383 e. The van der Waals surface area contributed by atoms with Crippen LogP contribution in [-0.4, -0.2) is 35.4 Å². The Balaban J connectivity index is 2.31. The van der Waals surface area contributed by atoms with Crippen molar-refractivity contribution >= 4 is 17.3 Å². The molecule has 0 aliphatic carbocycles. The number of amides is 1. The number of rotatable bonds is 3. The Labute approximate surface area is 124 Å². The molecule has 0 saturated carbocycles. The van der Waals surface area contributed by atoms with Gasteiger partial charge in [-0.2, -0.15) is 0 Å². The van der Waals surface area contributed by atoms with E-state index in [0.717, 1.165) is 12.8 Å². The summed E-state index contributed by atoms with van der Waals surface area (Å²) in [6.45, 7) is 4.89. The molecule has 1 N–H and O–H groups in total. The van der Waals surface area contributed by atoms with Gasteiger partial charge in [0.15, 0.2) is 0 Å². The lowest BCUT2D eigenvalue weighted by atomic mass is 9.91. The van der Waals surface area contributed by atoms with Gasteiger partial charge in [0, 0.05) is 31.3 Å². The first-order chi connectivity index (χ1) is 9.95. The standard InChI is InChI=1S/C15H21N3O3/c1-10-5-4-8-17(11(10)2)15(19)12-6-7-13(16-3)14(9-12)18(20)21/h6-7,9-11,16H,4-5,8H2,1-3H3. The molecule has 6 heteroatoms. The molecule has 0 aromatic heterocycles. The number of hydrogen-bond acceptors (Lipinski definition) is 4. The highest BCUT2D eigenvalue weighted by Gasteiger charge is 2.30. The topological polar surface area (TPSA) is 75.5 Å². The van der Waals surface area contributed by atoms with E-state index in [4.69, 9.17) is 0 Å². The zero-order valence-electron chi connectivity index (χ0n) is 12.6. The monoisotopic (exact) mass is 291 g/mol. The normalized spacial score (nSPS) is 22.0. The summed E-state index contributed by atoms with van der Waals surface area (Å²) in [5.74, 6) is 0.328. The number of nitrogens with one attached hydrogen (secondary N) is 1. The molecule has 1 amide bonds. The number of piperidine rings is 1. The highest BCUT2D eigenvalue weighted by molar-refractivity contribution is 5.96. The Kier molecular flexibility index (Phi) is 4.45. The Morgan fingerprint density at radius 1 is 1.43 bits per heavy atom. The largest absolute Gasteiger partial charge is 0.383 e. The molecule has 0 radical (unpaired) electrons. The van der Waals surface area contributed by atoms with Crippen LogP contribution in [-0.2, 0) is 0 Å². The number of hydrogen-bond donors (Lipinski definition) is 1. The fourth-order valence-electron chi connectivity index (χ4n) is 2.82. The highest BCUT2D eigenvalue weighted by Crippen LogP contribution is 2.28. The van der Waals surface area contributed by atoms with E-state index < -0.39 is 4.92 Å². The number of anilines is 1. The van der Waals surface area contributed by atoms with Crippen LogP contribution in [0.5, 0.6) is 0 Å². The van der Waals surface area contributed by atoms with Crippen LogP contribution in [0, 0.1) is 16.0 Å². The second kappa shape index (κ2) is 6.11. The summed E-state index contributed by atoms with van der Waals surface area (Å²) in [6.07, 6.45) is 2.09. The van der Waals surface area contributed by atoms with E-state index >= 15 is 0 Å². The average Bonchev–Trinajstić information content (AvgIpc) is 2.48. The van der Waals surface area contributed by atoms with Gasteiger partial charge in [0.1, 0.15) is 5.69 Å². The smallest absolute Gasteiger partial charge is 0.293 e. The van der Waals surface area contributed by atoms with E-state index in [2.05, 4.69) is 12.2 Å². The van der Waals surface area contributed by atoms with E-state index in [-0.39, 0.29) is 17.6 Å². The maximum atomic E-state index is 12.6. The van der Waals surface area contributed by atoms with Crippen LogP contribution in [0.15, 0.2) is 18.2 Å². The van der Waals surface area contributed by atoms with Crippen LogP contribution in [0.3, 0.4) is 0 Å². The van der Waals surface area contributed by atoms with Crippen LogP contribution in [0.25, 0.3) is 0 Å². The number of nitrogens with zero attached hydrogens (tertiary/aromatic N) is 2. The first kappa shape index (κ1) is 15.3. The summed E-state index contributed by atoms with van der Waals surface area (Å²) in [5, 5.41) is 13.9. The van der Waals surface area contributed by atoms with Crippen molar-refractivity contribution in [2.45, 2.75) is 32.7 Å². The molecule has 114 valence electrons. The van der Waals surface area contributed by atoms with Gasteiger partial charge in [-0.05, 0) is 37.8 Å². The lowest BCUT2D eigenvalue weighted by Gasteiger charge is -2.38. The van der Waals surface area contributed by atoms with Crippen molar-refractivity contribution in [3.05, 3.63) is 33.9 Å². The SMILES string of the molecule is CNc1ccc(C(=O)N2CCCC(C)C2C)cc1[N+](=O)[O-]. The van der Waals surface area contributed by atoms with Gasteiger partial charge in [-0.3, -0.25) is 14.9 Å². The summed E-state index contributed by atoms with van der Waals surface area (Å²) in [4.78, 5) is 25.1. The molecule has 0 bridgehead atoms. The van der Waals surface area contributed by atoms with Gasteiger partial charge >= 0.3 is 0 Å². The van der Waals surface area contributed by atoms with Crippen LogP contribution in [0.1, 0.15) is 37.0 Å². The van der Waals surface area contributed by atoms with Crippen LogP contribution in [0.2, 0.25) is 0 Å². The maximum Gasteiger partial charge on any atom is 0.293 e. The Morgan fingerprint density at radius 2 is 2.14 bits per heavy atom. The van der Waals surface area contributed by atoms with Crippen LogP contribution >= 0.6 is 0 Å². The molecule has 2 rings (SSSR count). The van der Waals surface area contributed by atoms with Gasteiger partial charge < -0.3 is 10.2 Å². The van der Waals surface area contributed by atoms with Gasteiger partial charge in [0.25, 0.3) is 11.6 Å². The van der Waals surface area contributed by atoms with Crippen molar-refractivity contribution in [1.29, 1.82) is 0 Å². The number of nitro groups is 1. The van der Waals surface area contributed by atoms with Gasteiger partial charge in [-0.25, -0.2) is 0 Å². The molecule has 1 aliphatic heterocycles. The first-order valence-corrected chi connectivity index (χ1v) is 7.23. The fourth-order valence-corrected chi connectivity index (χ4v) is 2.82. The van der Waals surface area contributed by atoms with Crippen molar-refractivity contribution in [3.63, 3.8) is 0 Å². The van der Waals surface area contributed by atoms with E-state index in [0.29, 0.717) is 23.7 Å². The summed E-state index contributed by atoms with van der Waals surface area (Å²) < 4.78 is 0.